The van der Waals surface area contributed by atoms with E-state index >= 15 is 0 Å². The summed E-state index contributed by atoms with van der Waals surface area (Å²) in [6.07, 6.45) is 0. The van der Waals surface area contributed by atoms with E-state index in [9.17, 15) is 13.2 Å². The van der Waals surface area contributed by atoms with Crippen molar-refractivity contribution in [3.63, 3.8) is 0 Å². The highest BCUT2D eigenvalue weighted by Crippen LogP contribution is 2.18. The maximum atomic E-state index is 10.9. The van der Waals surface area contributed by atoms with Crippen molar-refractivity contribution in [1.29, 1.82) is 0 Å². The van der Waals surface area contributed by atoms with Crippen LogP contribution in [-0.4, -0.2) is 19.5 Å². The number of benzene rings is 1. The maximum absolute atomic E-state index is 10.9. The molecule has 0 radical (unpaired) electrons. The Balaban J connectivity index is 3.35. The van der Waals surface area contributed by atoms with Crippen LogP contribution in [-0.2, 0) is 10.0 Å². The van der Waals surface area contributed by atoms with Crippen molar-refractivity contribution in [2.75, 3.05) is 5.73 Å². The first-order valence-electron chi connectivity index (χ1n) is 3.48. The lowest BCUT2D eigenvalue weighted by Gasteiger charge is -2.03. The van der Waals surface area contributed by atoms with Gasteiger partial charge in [0.05, 0.1) is 11.3 Å². The summed E-state index contributed by atoms with van der Waals surface area (Å²) < 4.78 is 21.8. The Morgan fingerprint density at radius 2 is 1.93 bits per heavy atom. The van der Waals surface area contributed by atoms with Gasteiger partial charge in [-0.05, 0) is 18.2 Å². The number of nitrogens with two attached hydrogens (primary N) is 2. The van der Waals surface area contributed by atoms with Crippen LogP contribution in [0.1, 0.15) is 10.4 Å². The molecule has 0 fully saturated rings. The highest BCUT2D eigenvalue weighted by atomic mass is 32.2. The topological polar surface area (TPSA) is 123 Å². The maximum Gasteiger partial charge on any atom is 0.335 e. The van der Waals surface area contributed by atoms with E-state index in [1.165, 1.54) is 0 Å². The zero-order valence-electron chi connectivity index (χ0n) is 6.97. The highest BCUT2D eigenvalue weighted by molar-refractivity contribution is 7.89. The zero-order valence-corrected chi connectivity index (χ0v) is 7.78. The van der Waals surface area contributed by atoms with E-state index in [2.05, 4.69) is 0 Å². The average molecular weight is 216 g/mol. The molecular weight excluding hydrogens is 208 g/mol. The Morgan fingerprint density at radius 1 is 1.36 bits per heavy atom. The van der Waals surface area contributed by atoms with Crippen molar-refractivity contribution in [2.24, 2.45) is 5.14 Å². The van der Waals surface area contributed by atoms with E-state index in [1.54, 1.807) is 0 Å². The standard InChI is InChI=1S/C7H8N2O4S/c8-5-3-4(7(10)11)1-2-6(5)14(9,12)13/h1-3H,8H2,(H,10,11)(H2,9,12,13). The number of anilines is 1. The second-order valence-corrected chi connectivity index (χ2v) is 4.13. The van der Waals surface area contributed by atoms with Gasteiger partial charge >= 0.3 is 5.97 Å². The molecule has 1 aromatic rings. The first kappa shape index (κ1) is 10.5. The minimum Gasteiger partial charge on any atom is -0.478 e. The van der Waals surface area contributed by atoms with Crippen LogP contribution in [0.25, 0.3) is 0 Å². The lowest BCUT2D eigenvalue weighted by Crippen LogP contribution is -2.14. The second-order valence-electron chi connectivity index (χ2n) is 2.60. The number of carbonyl (C=O) groups is 1. The van der Waals surface area contributed by atoms with Gasteiger partial charge in [0.25, 0.3) is 0 Å². The van der Waals surface area contributed by atoms with Crippen molar-refractivity contribution in [1.82, 2.24) is 0 Å². The van der Waals surface area contributed by atoms with Crippen molar-refractivity contribution in [2.45, 2.75) is 4.90 Å². The number of hydrogen-bond acceptors (Lipinski definition) is 4. The molecule has 0 saturated heterocycles. The normalized spacial score (nSPS) is 11.2. The lowest BCUT2D eigenvalue weighted by atomic mass is 10.2. The number of carboxylic acid groups (broad SMARTS) is 1. The first-order chi connectivity index (χ1) is 6.32. The number of sulfonamides is 1. The van der Waals surface area contributed by atoms with Crippen LogP contribution in [0, 0.1) is 0 Å². The largest absolute Gasteiger partial charge is 0.478 e. The van der Waals surface area contributed by atoms with Crippen molar-refractivity contribution >= 4 is 21.7 Å². The molecule has 1 aromatic carbocycles. The van der Waals surface area contributed by atoms with Crippen molar-refractivity contribution < 1.29 is 18.3 Å². The molecule has 7 heteroatoms. The van der Waals surface area contributed by atoms with E-state index in [1.807, 2.05) is 0 Å². The van der Waals surface area contributed by atoms with Gasteiger partial charge in [-0.15, -0.1) is 0 Å². The summed E-state index contributed by atoms with van der Waals surface area (Å²) >= 11 is 0. The summed E-state index contributed by atoms with van der Waals surface area (Å²) in [5.41, 5.74) is 5.06. The van der Waals surface area contributed by atoms with E-state index in [4.69, 9.17) is 16.0 Å². The van der Waals surface area contributed by atoms with Gasteiger partial charge < -0.3 is 10.8 Å². The van der Waals surface area contributed by atoms with E-state index in [0.717, 1.165) is 18.2 Å². The van der Waals surface area contributed by atoms with Crippen LogP contribution < -0.4 is 10.9 Å². The van der Waals surface area contributed by atoms with Gasteiger partial charge in [0, 0.05) is 0 Å². The van der Waals surface area contributed by atoms with Gasteiger partial charge in [-0.2, -0.15) is 0 Å². The van der Waals surface area contributed by atoms with Crippen LogP contribution in [0.2, 0.25) is 0 Å². The Hall–Kier alpha value is -1.60. The van der Waals surface area contributed by atoms with E-state index < -0.39 is 16.0 Å². The molecule has 76 valence electrons. The van der Waals surface area contributed by atoms with Crippen LogP contribution in [0.3, 0.4) is 0 Å². The predicted octanol–water partition coefficient (Wildman–Crippen LogP) is -0.386. The molecule has 0 saturated carbocycles. The first-order valence-corrected chi connectivity index (χ1v) is 5.02. The van der Waals surface area contributed by atoms with Crippen LogP contribution in [0.5, 0.6) is 0 Å². The highest BCUT2D eigenvalue weighted by Gasteiger charge is 2.13. The quantitative estimate of drug-likeness (QED) is 0.581. The molecule has 0 unspecified atom stereocenters. The SMILES string of the molecule is Nc1cc(C(=O)O)ccc1S(N)(=O)=O. The second kappa shape index (κ2) is 3.28. The van der Waals surface area contributed by atoms with E-state index in [-0.39, 0.29) is 16.1 Å². The Morgan fingerprint density at radius 3 is 2.29 bits per heavy atom. The summed E-state index contributed by atoms with van der Waals surface area (Å²) in [5.74, 6) is -1.18. The summed E-state index contributed by atoms with van der Waals surface area (Å²) in [4.78, 5) is 10.2. The number of primary sulfonamides is 1. The van der Waals surface area contributed by atoms with Gasteiger partial charge in [-0.3, -0.25) is 0 Å². The molecule has 0 aliphatic rings. The van der Waals surface area contributed by atoms with Crippen LogP contribution >= 0.6 is 0 Å². The Labute approximate surface area is 80.2 Å². The molecule has 14 heavy (non-hydrogen) atoms. The Bertz CT molecular complexity index is 480. The summed E-state index contributed by atoms with van der Waals surface area (Å²) in [6, 6.07) is 3.23. The molecule has 0 aliphatic heterocycles. The molecular formula is C7H8N2O4S. The fourth-order valence-corrected chi connectivity index (χ4v) is 1.59. The van der Waals surface area contributed by atoms with Gasteiger partial charge in [-0.1, -0.05) is 0 Å². The number of nitrogen functional groups attached to an aromatic ring is 1. The third-order valence-corrected chi connectivity index (χ3v) is 2.55. The molecule has 6 nitrogen and oxygen atoms in total. The van der Waals surface area contributed by atoms with Crippen LogP contribution in [0.15, 0.2) is 23.1 Å². The summed E-state index contributed by atoms with van der Waals surface area (Å²) in [6.45, 7) is 0. The van der Waals surface area contributed by atoms with Gasteiger partial charge in [0.15, 0.2) is 0 Å². The smallest absolute Gasteiger partial charge is 0.335 e. The van der Waals surface area contributed by atoms with Gasteiger partial charge in [0.1, 0.15) is 4.90 Å². The average Bonchev–Trinajstić information content (AvgIpc) is 2.01. The van der Waals surface area contributed by atoms with Gasteiger partial charge in [-0.25, -0.2) is 18.4 Å². The minimum absolute atomic E-state index is 0.0881. The minimum atomic E-state index is -3.89. The fourth-order valence-electron chi connectivity index (χ4n) is 0.941. The number of carboxylic acids is 1. The monoisotopic (exact) mass is 216 g/mol. The zero-order chi connectivity index (χ0) is 10.9. The molecule has 0 aromatic heterocycles. The third kappa shape index (κ3) is 2.01. The van der Waals surface area contributed by atoms with E-state index in [0.29, 0.717) is 0 Å². The molecule has 0 amide bonds. The summed E-state index contributed by atoms with van der Waals surface area (Å²) in [7, 11) is -3.89. The third-order valence-electron chi connectivity index (χ3n) is 1.56. The van der Waals surface area contributed by atoms with Crippen LogP contribution in [0.4, 0.5) is 5.69 Å². The predicted molar refractivity (Wildman–Crippen MR) is 49.2 cm³/mol. The number of aromatic carboxylic acids is 1. The number of rotatable bonds is 2. The molecule has 0 spiro atoms. The molecule has 5 N–H and O–H groups in total. The molecule has 0 bridgehead atoms. The fraction of sp³-hybridized carbons (Fsp3) is 0. The molecule has 0 atom stereocenters. The van der Waals surface area contributed by atoms with Gasteiger partial charge in [0.2, 0.25) is 10.0 Å². The Kier molecular flexibility index (Phi) is 2.45. The summed E-state index contributed by atoms with van der Waals surface area (Å²) in [5, 5.41) is 13.4. The number of hydrogen-bond donors (Lipinski definition) is 3. The molecule has 1 rings (SSSR count). The van der Waals surface area contributed by atoms with Crippen molar-refractivity contribution in [3.8, 4) is 0 Å². The lowest BCUT2D eigenvalue weighted by molar-refractivity contribution is 0.0697. The van der Waals surface area contributed by atoms with Crippen molar-refractivity contribution in [3.05, 3.63) is 23.8 Å². The molecule has 0 aliphatic carbocycles. The molecule has 0 heterocycles.